The van der Waals surface area contributed by atoms with Crippen LogP contribution in [0.15, 0.2) is 18.2 Å². The van der Waals surface area contributed by atoms with Crippen LogP contribution in [0.3, 0.4) is 0 Å². The van der Waals surface area contributed by atoms with Gasteiger partial charge in [-0.05, 0) is 32.3 Å². The molecule has 4 heteroatoms. The lowest BCUT2D eigenvalue weighted by atomic mass is 9.74. The van der Waals surface area contributed by atoms with Gasteiger partial charge in [-0.3, -0.25) is 0 Å². The molecule has 0 aliphatic carbocycles. The van der Waals surface area contributed by atoms with E-state index in [0.29, 0.717) is 26.1 Å². The van der Waals surface area contributed by atoms with Crippen LogP contribution >= 0.6 is 0 Å². The lowest BCUT2D eigenvalue weighted by Crippen LogP contribution is -2.34. The van der Waals surface area contributed by atoms with Crippen molar-refractivity contribution in [2.75, 3.05) is 13.2 Å². The fourth-order valence-electron chi connectivity index (χ4n) is 3.33. The summed E-state index contributed by atoms with van der Waals surface area (Å²) in [6, 6.07) is 8.18. The maximum atomic E-state index is 10.9. The summed E-state index contributed by atoms with van der Waals surface area (Å²) in [6.45, 7) is 5.12. The number of rotatable bonds is 2. The number of aliphatic hydroxyl groups excluding tert-OH is 1. The molecule has 112 valence electrons. The molecular weight excluding hydrogens is 266 g/mol. The van der Waals surface area contributed by atoms with Gasteiger partial charge in [0, 0.05) is 25.2 Å². The minimum atomic E-state index is -0.838. The van der Waals surface area contributed by atoms with Crippen LogP contribution in [-0.2, 0) is 11.2 Å². The number of para-hydroxylation sites is 1. The first kappa shape index (κ1) is 14.4. The van der Waals surface area contributed by atoms with Crippen molar-refractivity contribution in [3.05, 3.63) is 29.3 Å². The van der Waals surface area contributed by atoms with Crippen molar-refractivity contribution < 1.29 is 14.6 Å². The molecule has 0 aromatic heterocycles. The zero-order chi connectivity index (χ0) is 15.1. The van der Waals surface area contributed by atoms with Gasteiger partial charge in [-0.1, -0.05) is 18.2 Å². The van der Waals surface area contributed by atoms with E-state index < -0.39 is 11.5 Å². The van der Waals surface area contributed by atoms with Gasteiger partial charge in [-0.25, -0.2) is 0 Å². The van der Waals surface area contributed by atoms with E-state index in [9.17, 15) is 10.4 Å². The third-order valence-corrected chi connectivity index (χ3v) is 4.55. The molecule has 0 radical (unpaired) electrons. The summed E-state index contributed by atoms with van der Waals surface area (Å²) in [5, 5.41) is 20.5. The van der Waals surface area contributed by atoms with Crippen molar-refractivity contribution in [3.63, 3.8) is 0 Å². The van der Waals surface area contributed by atoms with Gasteiger partial charge >= 0.3 is 0 Å². The summed E-state index contributed by atoms with van der Waals surface area (Å²) in [6.07, 6.45) is 1.09. The van der Waals surface area contributed by atoms with Crippen LogP contribution in [0.25, 0.3) is 0 Å². The molecule has 0 bridgehead atoms. The van der Waals surface area contributed by atoms with Gasteiger partial charge in [0.15, 0.2) is 0 Å². The second kappa shape index (κ2) is 5.01. The summed E-state index contributed by atoms with van der Waals surface area (Å²) in [5.41, 5.74) is 0.815. The number of hydrogen-bond donors (Lipinski definition) is 1. The molecule has 1 unspecified atom stereocenters. The van der Waals surface area contributed by atoms with Crippen molar-refractivity contribution in [2.45, 2.75) is 44.8 Å². The number of aliphatic hydroxyl groups is 1. The van der Waals surface area contributed by atoms with Crippen molar-refractivity contribution in [1.29, 1.82) is 5.26 Å². The standard InChI is InChI=1S/C17H21NO3/c1-16(2)10-12-4-3-5-13(14(12)21-16)15(19)17(11-18)6-8-20-9-7-17/h3-5,15,19H,6-10H2,1-2H3. The third kappa shape index (κ3) is 2.41. The molecule has 1 fully saturated rings. The predicted octanol–water partition coefficient (Wildman–Crippen LogP) is 2.75. The van der Waals surface area contributed by atoms with Crippen molar-refractivity contribution >= 4 is 0 Å². The Morgan fingerprint density at radius 2 is 2.00 bits per heavy atom. The molecule has 2 aliphatic rings. The Balaban J connectivity index is 1.98. The van der Waals surface area contributed by atoms with E-state index in [2.05, 4.69) is 6.07 Å². The highest BCUT2D eigenvalue weighted by atomic mass is 16.5. The number of nitriles is 1. The second-order valence-corrected chi connectivity index (χ2v) is 6.66. The van der Waals surface area contributed by atoms with Crippen molar-refractivity contribution in [2.24, 2.45) is 5.41 Å². The van der Waals surface area contributed by atoms with Gasteiger partial charge in [0.05, 0.1) is 11.5 Å². The van der Waals surface area contributed by atoms with E-state index in [1.165, 1.54) is 0 Å². The van der Waals surface area contributed by atoms with Crippen LogP contribution < -0.4 is 4.74 Å². The van der Waals surface area contributed by atoms with Gasteiger partial charge in [0.2, 0.25) is 0 Å². The van der Waals surface area contributed by atoms with E-state index in [0.717, 1.165) is 23.3 Å². The average molecular weight is 287 g/mol. The fraction of sp³-hybridized carbons (Fsp3) is 0.588. The molecule has 4 nitrogen and oxygen atoms in total. The van der Waals surface area contributed by atoms with E-state index >= 15 is 0 Å². The molecule has 3 rings (SSSR count). The average Bonchev–Trinajstić information content (AvgIpc) is 2.80. The summed E-state index contributed by atoms with van der Waals surface area (Å²) in [5.74, 6) is 0.760. The normalized spacial score (nSPS) is 23.7. The Hall–Kier alpha value is -1.57. The summed E-state index contributed by atoms with van der Waals surface area (Å²) in [7, 11) is 0. The Labute approximate surface area is 125 Å². The number of ether oxygens (including phenoxy) is 2. The second-order valence-electron chi connectivity index (χ2n) is 6.66. The number of hydrogen-bond acceptors (Lipinski definition) is 4. The van der Waals surface area contributed by atoms with Crippen LogP contribution in [0.2, 0.25) is 0 Å². The molecule has 0 amide bonds. The predicted molar refractivity (Wildman–Crippen MR) is 77.9 cm³/mol. The Bertz CT molecular complexity index is 582. The Morgan fingerprint density at radius 1 is 1.29 bits per heavy atom. The highest BCUT2D eigenvalue weighted by Crippen LogP contribution is 2.48. The minimum Gasteiger partial charge on any atom is -0.487 e. The first-order valence-electron chi connectivity index (χ1n) is 7.45. The molecule has 1 N–H and O–H groups in total. The molecule has 1 aromatic carbocycles. The molecule has 0 spiro atoms. The maximum Gasteiger partial charge on any atom is 0.129 e. The molecule has 2 aliphatic heterocycles. The smallest absolute Gasteiger partial charge is 0.129 e. The quantitative estimate of drug-likeness (QED) is 0.908. The van der Waals surface area contributed by atoms with Gasteiger partial charge in [0.25, 0.3) is 0 Å². The van der Waals surface area contributed by atoms with Crippen molar-refractivity contribution in [3.8, 4) is 11.8 Å². The molecule has 2 heterocycles. The topological polar surface area (TPSA) is 62.5 Å². The molecular formula is C17H21NO3. The largest absolute Gasteiger partial charge is 0.487 e. The first-order valence-corrected chi connectivity index (χ1v) is 7.45. The highest BCUT2D eigenvalue weighted by Gasteiger charge is 2.43. The van der Waals surface area contributed by atoms with Crippen LogP contribution in [0, 0.1) is 16.7 Å². The van der Waals surface area contributed by atoms with E-state index in [1.54, 1.807) is 0 Å². The molecule has 21 heavy (non-hydrogen) atoms. The lowest BCUT2D eigenvalue weighted by molar-refractivity contribution is -0.0324. The van der Waals surface area contributed by atoms with Crippen LogP contribution in [0.1, 0.15) is 43.9 Å². The number of fused-ring (bicyclic) bond motifs is 1. The van der Waals surface area contributed by atoms with E-state index in [4.69, 9.17) is 9.47 Å². The van der Waals surface area contributed by atoms with Crippen LogP contribution in [0.5, 0.6) is 5.75 Å². The highest BCUT2D eigenvalue weighted by molar-refractivity contribution is 5.47. The number of benzene rings is 1. The monoisotopic (exact) mass is 287 g/mol. The van der Waals surface area contributed by atoms with E-state index in [-0.39, 0.29) is 5.60 Å². The Morgan fingerprint density at radius 3 is 2.67 bits per heavy atom. The van der Waals surface area contributed by atoms with Gasteiger partial charge in [-0.15, -0.1) is 0 Å². The Kier molecular flexibility index (Phi) is 3.43. The third-order valence-electron chi connectivity index (χ3n) is 4.55. The number of nitrogens with zero attached hydrogens (tertiary/aromatic N) is 1. The molecule has 1 atom stereocenters. The molecule has 0 saturated carbocycles. The maximum absolute atomic E-state index is 10.9. The van der Waals surface area contributed by atoms with Crippen LogP contribution in [-0.4, -0.2) is 23.9 Å². The molecule has 1 saturated heterocycles. The summed E-state index contributed by atoms with van der Waals surface area (Å²) in [4.78, 5) is 0. The lowest BCUT2D eigenvalue weighted by Gasteiger charge is -2.35. The SMILES string of the molecule is CC1(C)Cc2cccc(C(O)C3(C#N)CCOCC3)c2O1. The zero-order valence-electron chi connectivity index (χ0n) is 12.6. The first-order chi connectivity index (χ1) is 9.97. The summed E-state index contributed by atoms with van der Waals surface area (Å²) < 4.78 is 11.4. The fourth-order valence-corrected chi connectivity index (χ4v) is 3.33. The van der Waals surface area contributed by atoms with Crippen molar-refractivity contribution in [1.82, 2.24) is 0 Å². The molecule has 1 aromatic rings. The zero-order valence-corrected chi connectivity index (χ0v) is 12.6. The van der Waals surface area contributed by atoms with E-state index in [1.807, 2.05) is 32.0 Å². The summed E-state index contributed by atoms with van der Waals surface area (Å²) >= 11 is 0. The van der Waals surface area contributed by atoms with Gasteiger partial charge in [-0.2, -0.15) is 5.26 Å². The van der Waals surface area contributed by atoms with Crippen LogP contribution in [0.4, 0.5) is 0 Å². The van der Waals surface area contributed by atoms with Gasteiger partial charge in [0.1, 0.15) is 17.5 Å². The van der Waals surface area contributed by atoms with Gasteiger partial charge < -0.3 is 14.6 Å². The minimum absolute atomic E-state index is 0.256.